The first-order valence-electron chi connectivity index (χ1n) is 6.56. The zero-order chi connectivity index (χ0) is 15.8. The molecule has 0 atom stereocenters. The van der Waals surface area contributed by atoms with Crippen molar-refractivity contribution >= 4 is 18.0 Å². The van der Waals surface area contributed by atoms with Crippen molar-refractivity contribution in [2.75, 3.05) is 0 Å². The van der Waals surface area contributed by atoms with Gasteiger partial charge in [-0.1, -0.05) is 36.9 Å². The summed E-state index contributed by atoms with van der Waals surface area (Å²) >= 11 is 0. The molecule has 0 bridgehead atoms. The van der Waals surface area contributed by atoms with E-state index in [1.807, 2.05) is 30.3 Å². The van der Waals surface area contributed by atoms with Crippen molar-refractivity contribution in [2.24, 2.45) is 0 Å². The van der Waals surface area contributed by atoms with Gasteiger partial charge in [0.05, 0.1) is 0 Å². The highest BCUT2D eigenvalue weighted by Gasteiger charge is 2.03. The van der Waals surface area contributed by atoms with Crippen LogP contribution >= 0.6 is 0 Å². The largest absolute Gasteiger partial charge is 0.423 e. The molecule has 0 saturated carbocycles. The third-order valence-electron chi connectivity index (χ3n) is 2.64. The van der Waals surface area contributed by atoms with Crippen LogP contribution in [0.15, 0.2) is 73.3 Å². The number of carbonyl (C=O) groups excluding carboxylic acids is 2. The molecular weight excluding hydrogens is 280 g/mol. The number of benzene rings is 2. The van der Waals surface area contributed by atoms with Gasteiger partial charge in [-0.25, -0.2) is 9.59 Å². The molecule has 4 heteroatoms. The van der Waals surface area contributed by atoms with Crippen molar-refractivity contribution in [3.8, 4) is 11.5 Å². The molecule has 0 radical (unpaired) electrons. The minimum atomic E-state index is -0.546. The lowest BCUT2D eigenvalue weighted by molar-refractivity contribution is -0.130. The van der Waals surface area contributed by atoms with Gasteiger partial charge in [0.2, 0.25) is 0 Å². The SMILES string of the molecule is C=CC(=O)Oc1ccc(OC(=O)C=Cc2ccccc2)cc1. The Morgan fingerprint density at radius 2 is 1.36 bits per heavy atom. The Balaban J connectivity index is 1.93. The molecule has 22 heavy (non-hydrogen) atoms. The lowest BCUT2D eigenvalue weighted by Gasteiger charge is -2.03. The van der Waals surface area contributed by atoms with E-state index in [2.05, 4.69) is 6.58 Å². The molecule has 0 N–H and O–H groups in total. The van der Waals surface area contributed by atoms with Crippen molar-refractivity contribution in [3.63, 3.8) is 0 Å². The molecule has 0 aliphatic rings. The average Bonchev–Trinajstić information content (AvgIpc) is 2.55. The smallest absolute Gasteiger partial charge is 0.336 e. The van der Waals surface area contributed by atoms with Crippen LogP contribution in [-0.4, -0.2) is 11.9 Å². The fraction of sp³-hybridized carbons (Fsp3) is 0. The van der Waals surface area contributed by atoms with Crippen LogP contribution in [0.3, 0.4) is 0 Å². The number of esters is 2. The molecule has 0 spiro atoms. The van der Waals surface area contributed by atoms with E-state index in [1.54, 1.807) is 18.2 Å². The van der Waals surface area contributed by atoms with Crippen molar-refractivity contribution in [2.45, 2.75) is 0 Å². The van der Waals surface area contributed by atoms with Crippen molar-refractivity contribution in [1.29, 1.82) is 0 Å². The highest BCUT2D eigenvalue weighted by molar-refractivity contribution is 5.88. The van der Waals surface area contributed by atoms with E-state index < -0.39 is 11.9 Å². The molecule has 0 heterocycles. The topological polar surface area (TPSA) is 52.6 Å². The summed E-state index contributed by atoms with van der Waals surface area (Å²) in [6.45, 7) is 3.31. The number of hydrogen-bond donors (Lipinski definition) is 0. The summed E-state index contributed by atoms with van der Waals surface area (Å²) in [5.74, 6) is -0.319. The summed E-state index contributed by atoms with van der Waals surface area (Å²) < 4.78 is 10.1. The van der Waals surface area contributed by atoms with Crippen LogP contribution in [0.4, 0.5) is 0 Å². The third kappa shape index (κ3) is 4.76. The quantitative estimate of drug-likeness (QED) is 0.482. The summed E-state index contributed by atoms with van der Waals surface area (Å²) in [7, 11) is 0. The van der Waals surface area contributed by atoms with E-state index in [0.717, 1.165) is 11.6 Å². The fourth-order valence-electron chi connectivity index (χ4n) is 1.61. The lowest BCUT2D eigenvalue weighted by Crippen LogP contribution is -2.05. The first-order valence-corrected chi connectivity index (χ1v) is 6.56. The molecule has 2 aromatic rings. The molecule has 0 saturated heterocycles. The Hall–Kier alpha value is -3.14. The normalized spacial score (nSPS) is 10.2. The van der Waals surface area contributed by atoms with E-state index in [-0.39, 0.29) is 0 Å². The van der Waals surface area contributed by atoms with E-state index >= 15 is 0 Å². The second-order valence-electron chi connectivity index (χ2n) is 4.26. The molecule has 0 amide bonds. The Bertz CT molecular complexity index is 685. The summed E-state index contributed by atoms with van der Waals surface area (Å²) in [6, 6.07) is 15.6. The number of carbonyl (C=O) groups is 2. The van der Waals surface area contributed by atoms with Gasteiger partial charge in [-0.3, -0.25) is 0 Å². The Morgan fingerprint density at radius 3 is 1.91 bits per heavy atom. The maximum Gasteiger partial charge on any atom is 0.336 e. The zero-order valence-corrected chi connectivity index (χ0v) is 11.8. The summed E-state index contributed by atoms with van der Waals surface area (Å²) in [5.41, 5.74) is 0.908. The van der Waals surface area contributed by atoms with Gasteiger partial charge in [-0.15, -0.1) is 0 Å². The van der Waals surface area contributed by atoms with Crippen LogP contribution in [0, 0.1) is 0 Å². The summed E-state index contributed by atoms with van der Waals surface area (Å²) in [5, 5.41) is 0. The minimum Gasteiger partial charge on any atom is -0.423 e. The Labute approximate surface area is 128 Å². The van der Waals surface area contributed by atoms with Crippen molar-refractivity contribution in [1.82, 2.24) is 0 Å². The summed E-state index contributed by atoms with van der Waals surface area (Å²) in [6.07, 6.45) is 4.09. The summed E-state index contributed by atoms with van der Waals surface area (Å²) in [4.78, 5) is 22.7. The van der Waals surface area contributed by atoms with Gasteiger partial charge in [0.15, 0.2) is 0 Å². The highest BCUT2D eigenvalue weighted by atomic mass is 16.5. The predicted octanol–water partition coefficient (Wildman–Crippen LogP) is 3.40. The number of hydrogen-bond acceptors (Lipinski definition) is 4. The fourth-order valence-corrected chi connectivity index (χ4v) is 1.61. The Morgan fingerprint density at radius 1 is 0.818 bits per heavy atom. The molecule has 4 nitrogen and oxygen atoms in total. The molecule has 2 rings (SSSR count). The van der Waals surface area contributed by atoms with E-state index in [9.17, 15) is 9.59 Å². The van der Waals surface area contributed by atoms with Crippen molar-refractivity contribution in [3.05, 3.63) is 78.9 Å². The molecular formula is C18H14O4. The average molecular weight is 294 g/mol. The van der Waals surface area contributed by atoms with Crippen LogP contribution in [-0.2, 0) is 9.59 Å². The highest BCUT2D eigenvalue weighted by Crippen LogP contribution is 2.18. The van der Waals surface area contributed by atoms with Gasteiger partial charge in [-0.2, -0.15) is 0 Å². The minimum absolute atomic E-state index is 0.351. The maximum absolute atomic E-state index is 11.7. The second kappa shape index (κ2) is 7.59. The van der Waals surface area contributed by atoms with E-state index in [4.69, 9.17) is 9.47 Å². The van der Waals surface area contributed by atoms with Crippen LogP contribution in [0.25, 0.3) is 6.08 Å². The molecule has 0 aliphatic heterocycles. The van der Waals surface area contributed by atoms with Gasteiger partial charge in [-0.05, 0) is 35.9 Å². The zero-order valence-electron chi connectivity index (χ0n) is 11.8. The van der Waals surface area contributed by atoms with Crippen LogP contribution < -0.4 is 9.47 Å². The van der Waals surface area contributed by atoms with Gasteiger partial charge in [0.1, 0.15) is 11.5 Å². The molecule has 0 aliphatic carbocycles. The molecule has 0 unspecified atom stereocenters. The van der Waals surface area contributed by atoms with E-state index in [1.165, 1.54) is 18.2 Å². The number of rotatable bonds is 5. The standard InChI is InChI=1S/C18H14O4/c1-2-17(19)21-15-9-11-16(12-10-15)22-18(20)13-8-14-6-4-3-5-7-14/h2-13H,1H2. The van der Waals surface area contributed by atoms with Gasteiger partial charge < -0.3 is 9.47 Å². The Kier molecular flexibility index (Phi) is 5.26. The first kappa shape index (κ1) is 15.3. The monoisotopic (exact) mass is 294 g/mol. The van der Waals surface area contributed by atoms with Crippen LogP contribution in [0.2, 0.25) is 0 Å². The third-order valence-corrected chi connectivity index (χ3v) is 2.64. The van der Waals surface area contributed by atoms with Gasteiger partial charge in [0.25, 0.3) is 0 Å². The molecule has 110 valence electrons. The van der Waals surface area contributed by atoms with Gasteiger partial charge >= 0.3 is 11.9 Å². The maximum atomic E-state index is 11.7. The molecule has 2 aromatic carbocycles. The van der Waals surface area contributed by atoms with Crippen LogP contribution in [0.1, 0.15) is 5.56 Å². The lowest BCUT2D eigenvalue weighted by atomic mass is 10.2. The first-order chi connectivity index (χ1) is 10.7. The second-order valence-corrected chi connectivity index (χ2v) is 4.26. The predicted molar refractivity (Wildman–Crippen MR) is 83.4 cm³/mol. The van der Waals surface area contributed by atoms with Gasteiger partial charge in [0, 0.05) is 12.2 Å². The molecule has 0 fully saturated rings. The molecule has 0 aromatic heterocycles. The van der Waals surface area contributed by atoms with Crippen molar-refractivity contribution < 1.29 is 19.1 Å². The number of ether oxygens (including phenoxy) is 2. The van der Waals surface area contributed by atoms with Crippen LogP contribution in [0.5, 0.6) is 11.5 Å². The van der Waals surface area contributed by atoms with E-state index in [0.29, 0.717) is 11.5 Å².